The molecule has 1 aromatic heterocycles. The third-order valence-corrected chi connectivity index (χ3v) is 4.62. The summed E-state index contributed by atoms with van der Waals surface area (Å²) < 4.78 is 0. The number of amides is 1. The van der Waals surface area contributed by atoms with Gasteiger partial charge >= 0.3 is 0 Å². The Labute approximate surface area is 104 Å². The van der Waals surface area contributed by atoms with Gasteiger partial charge in [-0.3, -0.25) is 4.79 Å². The minimum absolute atomic E-state index is 0.254. The summed E-state index contributed by atoms with van der Waals surface area (Å²) in [5, 5.41) is 6.71. The molecular formula is C11H17N2OS2+. The third kappa shape index (κ3) is 2.59. The summed E-state index contributed by atoms with van der Waals surface area (Å²) in [5.41, 5.74) is 1.28. The van der Waals surface area contributed by atoms with Gasteiger partial charge in [-0.15, -0.1) is 11.8 Å². The van der Waals surface area contributed by atoms with Gasteiger partial charge in [0.1, 0.15) is 5.37 Å². The summed E-state index contributed by atoms with van der Waals surface area (Å²) in [6.07, 6.45) is 0. The van der Waals surface area contributed by atoms with Gasteiger partial charge < -0.3 is 10.2 Å². The molecule has 0 aromatic carbocycles. The van der Waals surface area contributed by atoms with E-state index < -0.39 is 0 Å². The standard InChI is InChI=1S/C11H16N2OS2/c1-2-12-4-5-13-10(14)8-16-11(13)9-3-6-15-7-9/h3,6-7,11-12H,2,4-5,8H2,1H3/p+1/t11-/m0/s1. The van der Waals surface area contributed by atoms with Crippen LogP contribution >= 0.6 is 23.1 Å². The van der Waals surface area contributed by atoms with Gasteiger partial charge in [0.15, 0.2) is 0 Å². The van der Waals surface area contributed by atoms with E-state index in [0.717, 1.165) is 19.6 Å². The SMILES string of the molecule is CC[NH2+]CCN1C(=O)CS[C@H]1c1ccsc1. The zero-order chi connectivity index (χ0) is 11.4. The lowest BCUT2D eigenvalue weighted by Gasteiger charge is -2.22. The molecule has 0 radical (unpaired) electrons. The average molecular weight is 257 g/mol. The van der Waals surface area contributed by atoms with Gasteiger partial charge in [0.25, 0.3) is 0 Å². The molecule has 5 heteroatoms. The molecule has 3 nitrogen and oxygen atoms in total. The van der Waals surface area contributed by atoms with Crippen LogP contribution in [0.25, 0.3) is 0 Å². The maximum atomic E-state index is 11.8. The molecule has 88 valence electrons. The highest BCUT2D eigenvalue weighted by Crippen LogP contribution is 2.38. The third-order valence-electron chi connectivity index (χ3n) is 2.66. The van der Waals surface area contributed by atoms with Crippen molar-refractivity contribution in [1.82, 2.24) is 4.90 Å². The first-order valence-corrected chi connectivity index (χ1v) is 7.57. The van der Waals surface area contributed by atoms with Gasteiger partial charge in [-0.1, -0.05) is 0 Å². The molecule has 1 amide bonds. The first-order chi connectivity index (χ1) is 7.83. The molecule has 16 heavy (non-hydrogen) atoms. The Hall–Kier alpha value is -0.520. The van der Waals surface area contributed by atoms with Crippen molar-refractivity contribution >= 4 is 29.0 Å². The molecule has 0 saturated carbocycles. The summed E-state index contributed by atoms with van der Waals surface area (Å²) in [5.74, 6) is 0.915. The minimum Gasteiger partial charge on any atom is -0.345 e. The molecule has 1 aliphatic rings. The Morgan fingerprint density at radius 3 is 3.19 bits per heavy atom. The van der Waals surface area contributed by atoms with Crippen molar-refractivity contribution in [2.75, 3.05) is 25.4 Å². The molecule has 1 aromatic rings. The van der Waals surface area contributed by atoms with Gasteiger partial charge in [0.2, 0.25) is 5.91 Å². The summed E-state index contributed by atoms with van der Waals surface area (Å²) in [6.45, 7) is 5.08. The van der Waals surface area contributed by atoms with Gasteiger partial charge in [-0.05, 0) is 29.3 Å². The van der Waals surface area contributed by atoms with Crippen molar-refractivity contribution in [2.24, 2.45) is 0 Å². The van der Waals surface area contributed by atoms with Crippen LogP contribution in [0, 0.1) is 0 Å². The van der Waals surface area contributed by atoms with Crippen LogP contribution in [0.4, 0.5) is 0 Å². The molecule has 2 N–H and O–H groups in total. The van der Waals surface area contributed by atoms with Crippen molar-refractivity contribution in [3.8, 4) is 0 Å². The summed E-state index contributed by atoms with van der Waals surface area (Å²) in [6, 6.07) is 2.12. The van der Waals surface area contributed by atoms with Crippen LogP contribution in [0.5, 0.6) is 0 Å². The van der Waals surface area contributed by atoms with E-state index in [2.05, 4.69) is 29.1 Å². The molecule has 1 saturated heterocycles. The Kier molecular flexibility index (Phi) is 4.26. The zero-order valence-corrected chi connectivity index (χ0v) is 11.0. The van der Waals surface area contributed by atoms with E-state index in [4.69, 9.17) is 0 Å². The number of thiophene rings is 1. The number of carbonyl (C=O) groups excluding carboxylic acids is 1. The highest BCUT2D eigenvalue weighted by atomic mass is 32.2. The van der Waals surface area contributed by atoms with E-state index in [1.165, 1.54) is 5.56 Å². The largest absolute Gasteiger partial charge is 0.345 e. The van der Waals surface area contributed by atoms with E-state index in [0.29, 0.717) is 5.75 Å². The van der Waals surface area contributed by atoms with E-state index in [1.54, 1.807) is 23.1 Å². The fraction of sp³-hybridized carbons (Fsp3) is 0.545. The number of likely N-dealkylation sites (N-methyl/N-ethyl adjacent to an activating group) is 1. The second-order valence-electron chi connectivity index (χ2n) is 3.79. The second kappa shape index (κ2) is 5.70. The van der Waals surface area contributed by atoms with Crippen LogP contribution in [0.1, 0.15) is 17.9 Å². The number of nitrogens with two attached hydrogens (primary N) is 1. The molecular weight excluding hydrogens is 240 g/mol. The van der Waals surface area contributed by atoms with Crippen LogP contribution < -0.4 is 5.32 Å². The molecule has 0 spiro atoms. The molecule has 1 aliphatic heterocycles. The fourth-order valence-corrected chi connectivity index (χ4v) is 3.80. The van der Waals surface area contributed by atoms with Crippen molar-refractivity contribution in [1.29, 1.82) is 0 Å². The molecule has 1 fully saturated rings. The molecule has 0 bridgehead atoms. The smallest absolute Gasteiger partial charge is 0.234 e. The number of thioether (sulfide) groups is 1. The lowest BCUT2D eigenvalue weighted by molar-refractivity contribution is -0.651. The Morgan fingerprint density at radius 2 is 2.50 bits per heavy atom. The monoisotopic (exact) mass is 257 g/mol. The van der Waals surface area contributed by atoms with E-state index >= 15 is 0 Å². The fourth-order valence-electron chi connectivity index (χ4n) is 1.82. The maximum Gasteiger partial charge on any atom is 0.234 e. The van der Waals surface area contributed by atoms with Crippen LogP contribution in [0.2, 0.25) is 0 Å². The van der Waals surface area contributed by atoms with Crippen molar-refractivity contribution < 1.29 is 10.1 Å². The number of rotatable bonds is 5. The van der Waals surface area contributed by atoms with Gasteiger partial charge in [0, 0.05) is 0 Å². The number of hydrogen-bond donors (Lipinski definition) is 1. The lowest BCUT2D eigenvalue weighted by atomic mass is 10.3. The van der Waals surface area contributed by atoms with Gasteiger partial charge in [-0.2, -0.15) is 11.3 Å². The van der Waals surface area contributed by atoms with E-state index in [9.17, 15) is 4.79 Å². The number of carbonyl (C=O) groups is 1. The van der Waals surface area contributed by atoms with Gasteiger partial charge in [0.05, 0.1) is 25.4 Å². The average Bonchev–Trinajstić information content (AvgIpc) is 2.89. The normalized spacial score (nSPS) is 20.7. The minimum atomic E-state index is 0.254. The van der Waals surface area contributed by atoms with Crippen LogP contribution in [0.3, 0.4) is 0 Å². The maximum absolute atomic E-state index is 11.8. The summed E-state index contributed by atoms with van der Waals surface area (Å²) in [4.78, 5) is 13.8. The summed E-state index contributed by atoms with van der Waals surface area (Å²) >= 11 is 3.44. The molecule has 1 atom stereocenters. The van der Waals surface area contributed by atoms with Crippen LogP contribution in [0.15, 0.2) is 16.8 Å². The van der Waals surface area contributed by atoms with Crippen LogP contribution in [-0.4, -0.2) is 36.2 Å². The number of quaternary nitrogens is 1. The molecule has 0 aliphatic carbocycles. The predicted octanol–water partition coefficient (Wildman–Crippen LogP) is 0.905. The zero-order valence-electron chi connectivity index (χ0n) is 9.39. The Bertz CT molecular complexity index is 340. The quantitative estimate of drug-likeness (QED) is 0.796. The van der Waals surface area contributed by atoms with E-state index in [1.807, 2.05) is 4.90 Å². The molecule has 2 heterocycles. The number of nitrogens with zero attached hydrogens (tertiary/aromatic N) is 1. The first-order valence-electron chi connectivity index (χ1n) is 5.57. The van der Waals surface area contributed by atoms with Crippen molar-refractivity contribution in [3.63, 3.8) is 0 Å². The molecule has 0 unspecified atom stereocenters. The Morgan fingerprint density at radius 1 is 1.62 bits per heavy atom. The van der Waals surface area contributed by atoms with E-state index in [-0.39, 0.29) is 11.3 Å². The Balaban J connectivity index is 1.99. The van der Waals surface area contributed by atoms with Gasteiger partial charge in [-0.25, -0.2) is 0 Å². The number of hydrogen-bond acceptors (Lipinski definition) is 3. The highest BCUT2D eigenvalue weighted by molar-refractivity contribution is 8.00. The first kappa shape index (κ1) is 12.0. The van der Waals surface area contributed by atoms with Crippen molar-refractivity contribution in [2.45, 2.75) is 12.3 Å². The van der Waals surface area contributed by atoms with Crippen molar-refractivity contribution in [3.05, 3.63) is 22.4 Å². The summed E-state index contributed by atoms with van der Waals surface area (Å²) in [7, 11) is 0. The lowest BCUT2D eigenvalue weighted by Crippen LogP contribution is -2.85. The molecule has 2 rings (SSSR count). The highest BCUT2D eigenvalue weighted by Gasteiger charge is 2.32. The predicted molar refractivity (Wildman–Crippen MR) is 68.6 cm³/mol. The topological polar surface area (TPSA) is 36.9 Å². The second-order valence-corrected chi connectivity index (χ2v) is 5.64. The van der Waals surface area contributed by atoms with Crippen LogP contribution in [-0.2, 0) is 4.79 Å².